The zero-order valence-corrected chi connectivity index (χ0v) is 22.4. The third-order valence-electron chi connectivity index (χ3n) is 13.3. The topological polar surface area (TPSA) is 60.7 Å². The lowest BCUT2D eigenvalue weighted by Crippen LogP contribution is -2.65. The molecule has 4 saturated carbocycles. The third kappa shape index (κ3) is 2.91. The summed E-state index contributed by atoms with van der Waals surface area (Å²) in [4.78, 5) is 0. The van der Waals surface area contributed by atoms with Crippen LogP contribution in [0.2, 0.25) is 0 Å². The second-order valence-corrected chi connectivity index (χ2v) is 15.1. The molecule has 10 atom stereocenters. The number of hydrogen-bond acceptors (Lipinski definition) is 3. The Balaban J connectivity index is 1.57. The number of fused-ring (bicyclic) bond motifs is 7. The number of hydrogen-bond donors (Lipinski definition) is 3. The quantitative estimate of drug-likeness (QED) is 0.415. The summed E-state index contributed by atoms with van der Waals surface area (Å²) >= 11 is 0. The van der Waals surface area contributed by atoms with E-state index in [1.165, 1.54) is 19.3 Å². The van der Waals surface area contributed by atoms with Gasteiger partial charge in [-0.15, -0.1) is 0 Å². The van der Waals surface area contributed by atoms with E-state index in [1.807, 2.05) is 0 Å². The first kappa shape index (κ1) is 24.3. The maximum atomic E-state index is 10.9. The molecule has 0 aromatic carbocycles. The summed E-state index contributed by atoms with van der Waals surface area (Å²) in [6.45, 7) is 16.9. The summed E-state index contributed by atoms with van der Waals surface area (Å²) in [7, 11) is 0. The fourth-order valence-electron chi connectivity index (χ4n) is 10.6. The first-order valence-electron chi connectivity index (χ1n) is 13.9. The molecule has 5 aliphatic rings. The van der Waals surface area contributed by atoms with E-state index in [-0.39, 0.29) is 51.3 Å². The van der Waals surface area contributed by atoms with E-state index in [1.54, 1.807) is 5.57 Å². The van der Waals surface area contributed by atoms with Crippen molar-refractivity contribution < 1.29 is 15.3 Å². The summed E-state index contributed by atoms with van der Waals surface area (Å²) in [5, 5.41) is 32.3. The molecule has 4 fully saturated rings. The van der Waals surface area contributed by atoms with Crippen molar-refractivity contribution in [3.63, 3.8) is 0 Å². The van der Waals surface area contributed by atoms with Crippen molar-refractivity contribution in [3.8, 4) is 0 Å². The van der Waals surface area contributed by atoms with E-state index in [2.05, 4.69) is 54.5 Å². The van der Waals surface area contributed by atoms with Crippen molar-refractivity contribution in [2.24, 2.45) is 50.2 Å². The molecule has 0 radical (unpaired) electrons. The highest BCUT2D eigenvalue weighted by molar-refractivity contribution is 5.33. The van der Waals surface area contributed by atoms with Crippen molar-refractivity contribution in [3.05, 3.63) is 11.6 Å². The van der Waals surface area contributed by atoms with Gasteiger partial charge in [-0.3, -0.25) is 0 Å². The van der Waals surface area contributed by atoms with Crippen LogP contribution in [0.25, 0.3) is 0 Å². The van der Waals surface area contributed by atoms with Crippen LogP contribution in [0.15, 0.2) is 11.6 Å². The Bertz CT molecular complexity index is 847. The largest absolute Gasteiger partial charge is 0.396 e. The van der Waals surface area contributed by atoms with Crippen LogP contribution in [-0.4, -0.2) is 34.1 Å². The fourth-order valence-corrected chi connectivity index (χ4v) is 10.6. The molecule has 0 aromatic heterocycles. The number of allylic oxidation sites excluding steroid dienone is 2. The van der Waals surface area contributed by atoms with Gasteiger partial charge in [0.25, 0.3) is 0 Å². The van der Waals surface area contributed by atoms with E-state index < -0.39 is 0 Å². The van der Waals surface area contributed by atoms with E-state index in [9.17, 15) is 15.3 Å². The lowest BCUT2D eigenvalue weighted by atomic mass is 9.33. The third-order valence-corrected chi connectivity index (χ3v) is 13.3. The Kier molecular flexibility index (Phi) is 5.23. The maximum Gasteiger partial charge on any atom is 0.0618 e. The molecule has 0 saturated heterocycles. The van der Waals surface area contributed by atoms with Gasteiger partial charge >= 0.3 is 0 Å². The van der Waals surface area contributed by atoms with Gasteiger partial charge in [-0.05, 0) is 103 Å². The minimum absolute atomic E-state index is 0.0207. The second kappa shape index (κ2) is 7.10. The van der Waals surface area contributed by atoms with E-state index in [4.69, 9.17) is 0 Å². The molecule has 0 bridgehead atoms. The Morgan fingerprint density at radius 2 is 1.52 bits per heavy atom. The molecule has 0 aromatic rings. The van der Waals surface area contributed by atoms with Gasteiger partial charge in [0, 0.05) is 5.41 Å². The minimum Gasteiger partial charge on any atom is -0.396 e. The molecular formula is C30H50O3. The smallest absolute Gasteiger partial charge is 0.0618 e. The highest BCUT2D eigenvalue weighted by atomic mass is 16.3. The molecule has 0 amide bonds. The van der Waals surface area contributed by atoms with Crippen LogP contribution in [0, 0.1) is 50.2 Å². The Morgan fingerprint density at radius 3 is 2.18 bits per heavy atom. The molecule has 3 heteroatoms. The van der Waals surface area contributed by atoms with Gasteiger partial charge in [0.2, 0.25) is 0 Å². The molecule has 0 unspecified atom stereocenters. The lowest BCUT2D eigenvalue weighted by Gasteiger charge is -2.71. The summed E-state index contributed by atoms with van der Waals surface area (Å²) in [6, 6.07) is 0. The van der Waals surface area contributed by atoms with E-state index >= 15 is 0 Å². The first-order valence-corrected chi connectivity index (χ1v) is 13.9. The predicted molar refractivity (Wildman–Crippen MR) is 134 cm³/mol. The second-order valence-electron chi connectivity index (χ2n) is 15.1. The standard InChI is InChI=1S/C30H50O3/c1-25(2)16-20-19-8-9-22-27(4)12-11-23(32)28(5,18-31)21(27)10-13-30(22,7)29(19,6)15-14-26(20,3)17-24(25)33/h8,20-24,31-33H,9-18H2,1-7H3/t20-,21+,22+,23+,24+,26-,27-,28+,29+,30+/m0/s1. The first-order chi connectivity index (χ1) is 15.2. The normalized spacial score (nSPS) is 57.8. The van der Waals surface area contributed by atoms with Crippen LogP contribution in [0.3, 0.4) is 0 Å². The lowest BCUT2D eigenvalue weighted by molar-refractivity contribution is -0.216. The van der Waals surface area contributed by atoms with Crippen molar-refractivity contribution in [1.82, 2.24) is 0 Å². The van der Waals surface area contributed by atoms with Crippen molar-refractivity contribution in [2.45, 2.75) is 118 Å². The molecule has 3 N–H and O–H groups in total. The molecule has 5 rings (SSSR count). The van der Waals surface area contributed by atoms with Gasteiger partial charge < -0.3 is 15.3 Å². The van der Waals surface area contributed by atoms with Gasteiger partial charge in [-0.1, -0.05) is 60.1 Å². The Labute approximate surface area is 202 Å². The molecule has 0 heterocycles. The SMILES string of the molecule is CC1(C)C[C@H]2C3=CC[C@@H]4[C@@]5(C)CC[C@@H](O)[C@](C)(CO)[C@@H]5CC[C@@]4(C)[C@]3(C)CC[C@@]2(C)C[C@H]1O. The van der Waals surface area contributed by atoms with Crippen molar-refractivity contribution >= 4 is 0 Å². The Morgan fingerprint density at radius 1 is 0.818 bits per heavy atom. The van der Waals surface area contributed by atoms with Crippen LogP contribution >= 0.6 is 0 Å². The van der Waals surface area contributed by atoms with Crippen LogP contribution in [0.4, 0.5) is 0 Å². The summed E-state index contributed by atoms with van der Waals surface area (Å²) in [6.07, 6.45) is 11.9. The predicted octanol–water partition coefficient (Wildman–Crippen LogP) is 6.11. The molecule has 0 aliphatic heterocycles. The number of rotatable bonds is 1. The number of aliphatic hydroxyl groups excluding tert-OH is 3. The average Bonchev–Trinajstić information content (AvgIpc) is 2.73. The van der Waals surface area contributed by atoms with Crippen molar-refractivity contribution in [1.29, 1.82) is 0 Å². The zero-order chi connectivity index (χ0) is 24.2. The molecule has 3 nitrogen and oxygen atoms in total. The highest BCUT2D eigenvalue weighted by Crippen LogP contribution is 2.75. The van der Waals surface area contributed by atoms with Gasteiger partial charge in [-0.25, -0.2) is 0 Å². The van der Waals surface area contributed by atoms with Gasteiger partial charge in [0.1, 0.15) is 0 Å². The molecule has 188 valence electrons. The average molecular weight is 459 g/mol. The molecule has 0 spiro atoms. The zero-order valence-electron chi connectivity index (χ0n) is 22.4. The molecule has 5 aliphatic carbocycles. The summed E-state index contributed by atoms with van der Waals surface area (Å²) < 4.78 is 0. The van der Waals surface area contributed by atoms with Crippen LogP contribution < -0.4 is 0 Å². The van der Waals surface area contributed by atoms with Gasteiger partial charge in [-0.2, -0.15) is 0 Å². The van der Waals surface area contributed by atoms with Crippen LogP contribution in [0.1, 0.15) is 106 Å². The molecule has 33 heavy (non-hydrogen) atoms. The van der Waals surface area contributed by atoms with Crippen LogP contribution in [0.5, 0.6) is 0 Å². The maximum absolute atomic E-state index is 10.9. The summed E-state index contributed by atoms with van der Waals surface area (Å²) in [5.74, 6) is 1.56. The Hall–Kier alpha value is -0.380. The fraction of sp³-hybridized carbons (Fsp3) is 0.933. The van der Waals surface area contributed by atoms with Crippen LogP contribution in [-0.2, 0) is 0 Å². The monoisotopic (exact) mass is 458 g/mol. The van der Waals surface area contributed by atoms with E-state index in [0.717, 1.165) is 38.5 Å². The summed E-state index contributed by atoms with van der Waals surface area (Å²) in [5.41, 5.74) is 2.16. The number of aliphatic hydroxyl groups is 3. The van der Waals surface area contributed by atoms with Gasteiger partial charge in [0.15, 0.2) is 0 Å². The van der Waals surface area contributed by atoms with Gasteiger partial charge in [0.05, 0.1) is 18.8 Å². The van der Waals surface area contributed by atoms with Crippen molar-refractivity contribution in [2.75, 3.05) is 6.61 Å². The minimum atomic E-state index is -0.388. The van der Waals surface area contributed by atoms with E-state index in [0.29, 0.717) is 17.8 Å². The highest BCUT2D eigenvalue weighted by Gasteiger charge is 2.68. The molecular weight excluding hydrogens is 408 g/mol.